The SMILES string of the molecule is C[C@@H]1CN([C@H](C)CO)C(=O)c2cccc(NS(=O)(=O)c3ccccc3)c2O[C@@H]1CN(C)S(=O)(=O)c1ccc(Cl)cc1. The van der Waals surface area contributed by atoms with Crippen LogP contribution in [0.2, 0.25) is 5.02 Å². The fraction of sp³-hybridized carbons (Fsp3) is 0.321. The molecule has 1 heterocycles. The minimum atomic E-state index is -4.05. The molecule has 0 saturated heterocycles. The lowest BCUT2D eigenvalue weighted by atomic mass is 9.99. The molecular weight excluding hydrogens is 590 g/mol. The first-order valence-corrected chi connectivity index (χ1v) is 16.2. The molecule has 0 aromatic heterocycles. The van der Waals surface area contributed by atoms with E-state index in [9.17, 15) is 26.7 Å². The quantitative estimate of drug-likeness (QED) is 0.372. The van der Waals surface area contributed by atoms with Crippen LogP contribution in [0.15, 0.2) is 82.6 Å². The van der Waals surface area contributed by atoms with E-state index in [2.05, 4.69) is 4.72 Å². The van der Waals surface area contributed by atoms with E-state index in [0.29, 0.717) is 5.02 Å². The fourth-order valence-electron chi connectivity index (χ4n) is 4.48. The lowest BCUT2D eigenvalue weighted by Gasteiger charge is -2.38. The van der Waals surface area contributed by atoms with Crippen molar-refractivity contribution in [1.29, 1.82) is 0 Å². The molecule has 3 aromatic carbocycles. The maximum absolute atomic E-state index is 13.7. The number of aliphatic hydroxyl groups is 1. The molecule has 220 valence electrons. The number of likely N-dealkylation sites (N-methyl/N-ethyl adjacent to an activating group) is 1. The zero-order valence-corrected chi connectivity index (χ0v) is 25.2. The minimum absolute atomic E-state index is 0.0176. The van der Waals surface area contributed by atoms with Crippen LogP contribution in [0.4, 0.5) is 5.69 Å². The normalized spacial score (nSPS) is 18.7. The molecule has 3 atom stereocenters. The largest absolute Gasteiger partial charge is 0.486 e. The van der Waals surface area contributed by atoms with Gasteiger partial charge in [0.15, 0.2) is 5.75 Å². The molecule has 0 aliphatic carbocycles. The number of nitrogens with one attached hydrogen (secondary N) is 1. The number of carbonyl (C=O) groups is 1. The highest BCUT2D eigenvalue weighted by molar-refractivity contribution is 7.92. The van der Waals surface area contributed by atoms with Gasteiger partial charge in [0.2, 0.25) is 10.0 Å². The standard InChI is InChI=1S/C28H32ClN3O7S2/c1-19-16-32(20(2)18-33)28(34)24-10-7-11-25(30-40(35,36)22-8-5-4-6-9-22)27(24)39-26(19)17-31(3)41(37,38)23-14-12-21(29)13-15-23/h4-15,19-20,26,30,33H,16-18H2,1-3H3/t19-,20-,26-/m1/s1. The number of anilines is 1. The van der Waals surface area contributed by atoms with Crippen molar-refractivity contribution < 1.29 is 31.5 Å². The predicted octanol–water partition coefficient (Wildman–Crippen LogP) is 3.68. The summed E-state index contributed by atoms with van der Waals surface area (Å²) >= 11 is 5.93. The molecule has 2 N–H and O–H groups in total. The second-order valence-corrected chi connectivity index (χ2v) is 14.1. The number of sulfonamides is 2. The van der Waals surface area contributed by atoms with Gasteiger partial charge in [-0.1, -0.05) is 42.8 Å². The zero-order valence-electron chi connectivity index (χ0n) is 22.8. The van der Waals surface area contributed by atoms with Gasteiger partial charge in [0.1, 0.15) is 6.10 Å². The van der Waals surface area contributed by atoms with E-state index in [1.54, 1.807) is 32.0 Å². The number of ether oxygens (including phenoxy) is 1. The third-order valence-corrected chi connectivity index (χ3v) is 10.4. The van der Waals surface area contributed by atoms with Gasteiger partial charge in [-0.15, -0.1) is 0 Å². The Kier molecular flexibility index (Phi) is 9.29. The number of benzene rings is 3. The molecule has 0 bridgehead atoms. The number of rotatable bonds is 9. The van der Waals surface area contributed by atoms with E-state index < -0.39 is 44.0 Å². The van der Waals surface area contributed by atoms with Gasteiger partial charge >= 0.3 is 0 Å². The molecule has 0 radical (unpaired) electrons. The third-order valence-electron chi connectivity index (χ3n) is 6.95. The molecule has 41 heavy (non-hydrogen) atoms. The van der Waals surface area contributed by atoms with Gasteiger partial charge in [-0.2, -0.15) is 4.31 Å². The molecule has 3 aromatic rings. The topological polar surface area (TPSA) is 133 Å². The summed E-state index contributed by atoms with van der Waals surface area (Å²) in [5.74, 6) is -0.890. The number of amides is 1. The van der Waals surface area contributed by atoms with Crippen molar-refractivity contribution in [3.05, 3.63) is 83.4 Å². The Balaban J connectivity index is 1.76. The van der Waals surface area contributed by atoms with Crippen LogP contribution < -0.4 is 9.46 Å². The lowest BCUT2D eigenvalue weighted by molar-refractivity contribution is 0.0389. The van der Waals surface area contributed by atoms with Crippen molar-refractivity contribution in [3.63, 3.8) is 0 Å². The summed E-state index contributed by atoms with van der Waals surface area (Å²) in [7, 11) is -6.56. The molecule has 0 unspecified atom stereocenters. The minimum Gasteiger partial charge on any atom is -0.486 e. The Morgan fingerprint density at radius 3 is 2.32 bits per heavy atom. The molecule has 1 aliphatic heterocycles. The summed E-state index contributed by atoms with van der Waals surface area (Å²) in [6.07, 6.45) is -0.801. The van der Waals surface area contributed by atoms with Crippen LogP contribution in [0.25, 0.3) is 0 Å². The molecule has 0 saturated carbocycles. The first-order valence-electron chi connectivity index (χ1n) is 12.9. The third kappa shape index (κ3) is 6.68. The predicted molar refractivity (Wildman–Crippen MR) is 156 cm³/mol. The summed E-state index contributed by atoms with van der Waals surface area (Å²) in [5, 5.41) is 10.3. The Hall–Kier alpha value is -3.16. The van der Waals surface area contributed by atoms with Crippen LogP contribution in [0.3, 0.4) is 0 Å². The van der Waals surface area contributed by atoms with Crippen LogP contribution in [0, 0.1) is 5.92 Å². The number of hydrogen-bond donors (Lipinski definition) is 2. The highest BCUT2D eigenvalue weighted by Gasteiger charge is 2.36. The second kappa shape index (κ2) is 12.4. The van der Waals surface area contributed by atoms with Crippen molar-refractivity contribution >= 4 is 43.2 Å². The number of halogens is 1. The molecule has 13 heteroatoms. The van der Waals surface area contributed by atoms with Crippen LogP contribution in [-0.2, 0) is 20.0 Å². The van der Waals surface area contributed by atoms with E-state index in [4.69, 9.17) is 16.3 Å². The van der Waals surface area contributed by atoms with Crippen molar-refractivity contribution in [2.45, 2.75) is 35.8 Å². The Bertz CT molecular complexity index is 1600. The summed E-state index contributed by atoms with van der Waals surface area (Å²) in [6.45, 7) is 3.26. The van der Waals surface area contributed by atoms with E-state index in [1.165, 1.54) is 66.5 Å². The molecule has 0 spiro atoms. The molecule has 0 fully saturated rings. The van der Waals surface area contributed by atoms with Gasteiger partial charge in [0.25, 0.3) is 15.9 Å². The smallest absolute Gasteiger partial charge is 0.262 e. The first-order chi connectivity index (χ1) is 19.3. The van der Waals surface area contributed by atoms with Crippen molar-refractivity contribution in [3.8, 4) is 5.75 Å². The highest BCUT2D eigenvalue weighted by atomic mass is 35.5. The monoisotopic (exact) mass is 621 g/mol. The summed E-state index contributed by atoms with van der Waals surface area (Å²) in [6, 6.07) is 17.5. The summed E-state index contributed by atoms with van der Waals surface area (Å²) in [4.78, 5) is 15.2. The summed E-state index contributed by atoms with van der Waals surface area (Å²) in [5.41, 5.74) is 0.109. The van der Waals surface area contributed by atoms with Gasteiger partial charge in [-0.3, -0.25) is 9.52 Å². The van der Waals surface area contributed by atoms with Crippen LogP contribution in [0.1, 0.15) is 24.2 Å². The Morgan fingerprint density at radius 2 is 1.68 bits per heavy atom. The average molecular weight is 622 g/mol. The van der Waals surface area contributed by atoms with Crippen LogP contribution in [-0.4, -0.2) is 75.9 Å². The van der Waals surface area contributed by atoms with E-state index in [1.807, 2.05) is 0 Å². The number of para-hydroxylation sites is 1. The van der Waals surface area contributed by atoms with Gasteiger partial charge in [-0.25, -0.2) is 16.8 Å². The molecular formula is C28H32ClN3O7S2. The number of nitrogens with zero attached hydrogens (tertiary/aromatic N) is 2. The Labute approximate surface area is 245 Å². The number of fused-ring (bicyclic) bond motifs is 1. The number of aliphatic hydroxyl groups excluding tert-OH is 1. The maximum Gasteiger partial charge on any atom is 0.262 e. The van der Waals surface area contributed by atoms with Crippen molar-refractivity contribution in [1.82, 2.24) is 9.21 Å². The van der Waals surface area contributed by atoms with Crippen LogP contribution >= 0.6 is 11.6 Å². The van der Waals surface area contributed by atoms with Crippen LogP contribution in [0.5, 0.6) is 5.75 Å². The lowest BCUT2D eigenvalue weighted by Crippen LogP contribution is -2.50. The first kappa shape index (κ1) is 30.8. The molecule has 1 aliphatic rings. The number of carbonyl (C=O) groups excluding carboxylic acids is 1. The number of hydrogen-bond acceptors (Lipinski definition) is 7. The van der Waals surface area contributed by atoms with Crippen molar-refractivity contribution in [2.75, 3.05) is 31.5 Å². The maximum atomic E-state index is 13.7. The summed E-state index contributed by atoms with van der Waals surface area (Å²) < 4.78 is 63.1. The van der Waals surface area contributed by atoms with Crippen molar-refractivity contribution in [2.24, 2.45) is 5.92 Å². The Morgan fingerprint density at radius 1 is 1.02 bits per heavy atom. The van der Waals surface area contributed by atoms with E-state index >= 15 is 0 Å². The van der Waals surface area contributed by atoms with Gasteiger partial charge < -0.3 is 14.7 Å². The second-order valence-electron chi connectivity index (χ2n) is 9.96. The molecule has 1 amide bonds. The van der Waals surface area contributed by atoms with Gasteiger partial charge in [0, 0.05) is 24.5 Å². The molecule has 10 nitrogen and oxygen atoms in total. The fourth-order valence-corrected chi connectivity index (χ4v) is 6.88. The van der Waals surface area contributed by atoms with E-state index in [0.717, 1.165) is 4.31 Å². The average Bonchev–Trinajstić information content (AvgIpc) is 2.95. The zero-order chi connectivity index (χ0) is 29.9. The van der Waals surface area contributed by atoms with Gasteiger partial charge in [-0.05, 0) is 55.5 Å². The van der Waals surface area contributed by atoms with E-state index in [-0.39, 0.29) is 46.5 Å². The molecule has 4 rings (SSSR count). The highest BCUT2D eigenvalue weighted by Crippen LogP contribution is 2.36. The van der Waals surface area contributed by atoms with Gasteiger partial charge in [0.05, 0.1) is 40.2 Å².